The zero-order valence-corrected chi connectivity index (χ0v) is 17.7. The second kappa shape index (κ2) is 11.5. The highest BCUT2D eigenvalue weighted by atomic mass is 35.5. The Labute approximate surface area is 177 Å². The summed E-state index contributed by atoms with van der Waals surface area (Å²) in [4.78, 5) is 7.59. The fourth-order valence-electron chi connectivity index (χ4n) is 3.13. The van der Waals surface area contributed by atoms with Crippen LogP contribution in [0, 0.1) is 0 Å². The molecule has 154 valence electrons. The van der Waals surface area contributed by atoms with E-state index in [4.69, 9.17) is 16.3 Å². The molecule has 0 bridgehead atoms. The lowest BCUT2D eigenvalue weighted by Gasteiger charge is -2.08. The largest absolute Gasteiger partial charge is 0.492 e. The smallest absolute Gasteiger partial charge is 0.222 e. The average molecular weight is 413 g/mol. The Balaban J connectivity index is 1.42. The van der Waals surface area contributed by atoms with Crippen molar-refractivity contribution in [3.05, 3.63) is 53.1 Å². The molecule has 6 heteroatoms. The summed E-state index contributed by atoms with van der Waals surface area (Å²) in [5.41, 5.74) is 5.67. The number of aromatic nitrogens is 2. The molecule has 0 radical (unpaired) electrons. The number of rotatable bonds is 12. The summed E-state index contributed by atoms with van der Waals surface area (Å²) < 4.78 is 5.82. The van der Waals surface area contributed by atoms with Gasteiger partial charge in [-0.05, 0) is 42.3 Å². The molecule has 1 aromatic heterocycles. The van der Waals surface area contributed by atoms with Gasteiger partial charge < -0.3 is 9.72 Å². The van der Waals surface area contributed by atoms with Gasteiger partial charge in [0, 0.05) is 0 Å². The van der Waals surface area contributed by atoms with Crippen molar-refractivity contribution >= 4 is 34.8 Å². The maximum atomic E-state index is 6.35. The Kier molecular flexibility index (Phi) is 8.38. The number of H-pyrrole nitrogens is 1. The van der Waals surface area contributed by atoms with E-state index in [2.05, 4.69) is 27.4 Å². The summed E-state index contributed by atoms with van der Waals surface area (Å²) in [6.45, 7) is 2.94. The topological polar surface area (TPSA) is 62.3 Å². The van der Waals surface area contributed by atoms with E-state index in [0.717, 1.165) is 28.8 Å². The quantitative estimate of drug-likeness (QED) is 0.195. The van der Waals surface area contributed by atoms with Gasteiger partial charge >= 0.3 is 0 Å². The van der Waals surface area contributed by atoms with Gasteiger partial charge in [-0.1, -0.05) is 69.2 Å². The molecule has 0 aliphatic carbocycles. The van der Waals surface area contributed by atoms with Gasteiger partial charge in [0.2, 0.25) is 5.95 Å². The van der Waals surface area contributed by atoms with Gasteiger partial charge in [0.25, 0.3) is 0 Å². The first-order valence-electron chi connectivity index (χ1n) is 10.4. The second-order valence-corrected chi connectivity index (χ2v) is 7.54. The predicted octanol–water partition coefficient (Wildman–Crippen LogP) is 6.79. The number of nitrogens with one attached hydrogen (secondary N) is 2. The zero-order valence-electron chi connectivity index (χ0n) is 17.0. The molecule has 0 fully saturated rings. The second-order valence-electron chi connectivity index (χ2n) is 7.13. The first-order valence-corrected chi connectivity index (χ1v) is 10.8. The molecule has 5 nitrogen and oxygen atoms in total. The van der Waals surface area contributed by atoms with Crippen molar-refractivity contribution in [2.45, 2.75) is 51.9 Å². The van der Waals surface area contributed by atoms with Gasteiger partial charge in [0.05, 0.1) is 28.9 Å². The molecular weight excluding hydrogens is 384 g/mol. The van der Waals surface area contributed by atoms with Crippen LogP contribution in [0.2, 0.25) is 5.02 Å². The van der Waals surface area contributed by atoms with Crippen LogP contribution in [-0.4, -0.2) is 22.8 Å². The summed E-state index contributed by atoms with van der Waals surface area (Å²) in [5, 5.41) is 4.82. The number of fused-ring (bicyclic) bond motifs is 1. The third kappa shape index (κ3) is 6.79. The lowest BCUT2D eigenvalue weighted by atomic mass is 10.1. The van der Waals surface area contributed by atoms with E-state index < -0.39 is 0 Å². The molecule has 0 aliphatic rings. The van der Waals surface area contributed by atoms with Gasteiger partial charge in [0.15, 0.2) is 0 Å². The Hall–Kier alpha value is -2.53. The minimum absolute atomic E-state index is 0.598. The number of ether oxygens (including phenoxy) is 1. The lowest BCUT2D eigenvalue weighted by molar-refractivity contribution is 0.304. The minimum atomic E-state index is 0.598. The van der Waals surface area contributed by atoms with Crippen molar-refractivity contribution in [1.82, 2.24) is 9.97 Å². The number of halogens is 1. The first-order chi connectivity index (χ1) is 14.3. The average Bonchev–Trinajstić information content (AvgIpc) is 3.14. The van der Waals surface area contributed by atoms with Crippen LogP contribution in [0.25, 0.3) is 11.0 Å². The van der Waals surface area contributed by atoms with Crippen molar-refractivity contribution in [2.24, 2.45) is 5.10 Å². The van der Waals surface area contributed by atoms with Gasteiger partial charge in [0.1, 0.15) is 5.75 Å². The first kappa shape index (κ1) is 21.2. The Morgan fingerprint density at radius 2 is 1.86 bits per heavy atom. The molecule has 3 aromatic rings. The number of hydrogen-bond donors (Lipinski definition) is 2. The Morgan fingerprint density at radius 3 is 2.66 bits per heavy atom. The molecule has 2 N–H and O–H groups in total. The molecule has 0 aliphatic heterocycles. The molecule has 1 heterocycles. The molecule has 0 unspecified atom stereocenters. The SMILES string of the molecule is CCCCCCCCCOc1ccc(/C=N\Nc2nc3ccccc3[nH]2)cc1Cl. The Bertz CT molecular complexity index is 889. The van der Waals surface area contributed by atoms with E-state index in [1.54, 1.807) is 6.21 Å². The zero-order chi connectivity index (χ0) is 20.3. The highest BCUT2D eigenvalue weighted by molar-refractivity contribution is 6.32. The summed E-state index contributed by atoms with van der Waals surface area (Å²) in [5.74, 6) is 1.32. The predicted molar refractivity (Wildman–Crippen MR) is 122 cm³/mol. The normalized spacial score (nSPS) is 11.4. The maximum absolute atomic E-state index is 6.35. The number of aromatic amines is 1. The van der Waals surface area contributed by atoms with Crippen LogP contribution in [0.1, 0.15) is 57.4 Å². The number of nitrogens with zero attached hydrogens (tertiary/aromatic N) is 2. The van der Waals surface area contributed by atoms with Crippen LogP contribution in [0.3, 0.4) is 0 Å². The van der Waals surface area contributed by atoms with Crippen molar-refractivity contribution in [3.63, 3.8) is 0 Å². The monoisotopic (exact) mass is 412 g/mol. The van der Waals surface area contributed by atoms with Crippen molar-refractivity contribution in [1.29, 1.82) is 0 Å². The highest BCUT2D eigenvalue weighted by Crippen LogP contribution is 2.25. The van der Waals surface area contributed by atoms with E-state index in [9.17, 15) is 0 Å². The van der Waals surface area contributed by atoms with Crippen LogP contribution < -0.4 is 10.2 Å². The summed E-state index contributed by atoms with van der Waals surface area (Å²) >= 11 is 6.35. The van der Waals surface area contributed by atoms with Crippen LogP contribution in [0.4, 0.5) is 5.95 Å². The lowest BCUT2D eigenvalue weighted by Crippen LogP contribution is -1.98. The van der Waals surface area contributed by atoms with Crippen molar-refractivity contribution < 1.29 is 4.74 Å². The van der Waals surface area contributed by atoms with E-state index in [0.29, 0.717) is 17.6 Å². The molecule has 29 heavy (non-hydrogen) atoms. The van der Waals surface area contributed by atoms with Crippen LogP contribution >= 0.6 is 11.6 Å². The molecule has 0 saturated carbocycles. The minimum Gasteiger partial charge on any atom is -0.492 e. The number of benzene rings is 2. The van der Waals surface area contributed by atoms with E-state index >= 15 is 0 Å². The molecule has 0 amide bonds. The fourth-order valence-corrected chi connectivity index (χ4v) is 3.37. The van der Waals surface area contributed by atoms with E-state index in [1.807, 2.05) is 42.5 Å². The molecular formula is C23H29ClN4O. The van der Waals surface area contributed by atoms with Crippen LogP contribution in [0.15, 0.2) is 47.6 Å². The molecule has 3 rings (SSSR count). The van der Waals surface area contributed by atoms with E-state index in [1.165, 1.54) is 38.5 Å². The van der Waals surface area contributed by atoms with Gasteiger partial charge in [-0.25, -0.2) is 10.4 Å². The Morgan fingerprint density at radius 1 is 1.07 bits per heavy atom. The number of para-hydroxylation sites is 2. The number of anilines is 1. The van der Waals surface area contributed by atoms with Gasteiger partial charge in [-0.3, -0.25) is 0 Å². The molecule has 0 spiro atoms. The standard InChI is InChI=1S/C23H29ClN4O/c1-2-3-4-5-6-7-10-15-29-22-14-13-18(16-19(22)24)17-25-28-23-26-20-11-8-9-12-21(20)27-23/h8-9,11-14,16-17H,2-7,10,15H2,1H3,(H2,26,27,28)/b25-17-. The van der Waals surface area contributed by atoms with Gasteiger partial charge in [-0.15, -0.1) is 0 Å². The summed E-state index contributed by atoms with van der Waals surface area (Å²) in [6.07, 6.45) is 10.6. The fraction of sp³-hybridized carbons (Fsp3) is 0.391. The number of imidazole rings is 1. The highest BCUT2D eigenvalue weighted by Gasteiger charge is 2.03. The molecule has 0 saturated heterocycles. The molecule has 0 atom stereocenters. The van der Waals surface area contributed by atoms with E-state index in [-0.39, 0.29) is 0 Å². The van der Waals surface area contributed by atoms with Crippen LogP contribution in [-0.2, 0) is 0 Å². The third-order valence-electron chi connectivity index (χ3n) is 4.73. The number of hydrogen-bond acceptors (Lipinski definition) is 4. The van der Waals surface area contributed by atoms with Crippen LogP contribution in [0.5, 0.6) is 5.75 Å². The van der Waals surface area contributed by atoms with Crippen molar-refractivity contribution in [3.8, 4) is 5.75 Å². The third-order valence-corrected chi connectivity index (χ3v) is 5.03. The number of hydrazone groups is 1. The maximum Gasteiger partial charge on any atom is 0.222 e. The summed E-state index contributed by atoms with van der Waals surface area (Å²) in [6, 6.07) is 13.5. The van der Waals surface area contributed by atoms with Crippen molar-refractivity contribution in [2.75, 3.05) is 12.0 Å². The summed E-state index contributed by atoms with van der Waals surface area (Å²) in [7, 11) is 0. The molecule has 2 aromatic carbocycles. The van der Waals surface area contributed by atoms with Gasteiger partial charge in [-0.2, -0.15) is 5.10 Å². The number of unbranched alkanes of at least 4 members (excludes halogenated alkanes) is 6.